The third kappa shape index (κ3) is 3.31. The van der Waals surface area contributed by atoms with E-state index in [9.17, 15) is 0 Å². The van der Waals surface area contributed by atoms with Crippen LogP contribution in [-0.2, 0) is 6.54 Å². The molecule has 1 aromatic carbocycles. The third-order valence-electron chi connectivity index (χ3n) is 2.93. The highest BCUT2D eigenvalue weighted by molar-refractivity contribution is 5.30. The second kappa shape index (κ2) is 6.17. The van der Waals surface area contributed by atoms with Crippen molar-refractivity contribution in [3.63, 3.8) is 0 Å². The van der Waals surface area contributed by atoms with Crippen molar-refractivity contribution in [1.82, 2.24) is 10.3 Å². The van der Waals surface area contributed by atoms with E-state index in [1.165, 1.54) is 11.1 Å². The second-order valence-corrected chi connectivity index (χ2v) is 4.24. The molecule has 0 saturated carbocycles. The summed E-state index contributed by atoms with van der Waals surface area (Å²) >= 11 is 0. The van der Waals surface area contributed by atoms with Crippen LogP contribution in [0, 0.1) is 0 Å². The maximum atomic E-state index is 5.23. The lowest BCUT2D eigenvalue weighted by Gasteiger charge is -2.15. The van der Waals surface area contributed by atoms with Gasteiger partial charge in [-0.1, -0.05) is 18.2 Å². The number of hydrogen-bond donors (Lipinski definition) is 1. The molecule has 0 saturated heterocycles. The minimum absolute atomic E-state index is 0.278. The first-order valence-electron chi connectivity index (χ1n) is 6.06. The Bertz CT molecular complexity index is 485. The van der Waals surface area contributed by atoms with E-state index in [0.29, 0.717) is 0 Å². The van der Waals surface area contributed by atoms with Crippen molar-refractivity contribution in [2.24, 2.45) is 0 Å². The molecule has 0 aliphatic rings. The highest BCUT2D eigenvalue weighted by Crippen LogP contribution is 2.18. The first-order valence-corrected chi connectivity index (χ1v) is 6.06. The lowest BCUT2D eigenvalue weighted by molar-refractivity contribution is 0.413. The average Bonchev–Trinajstić information content (AvgIpc) is 2.46. The largest absolute Gasteiger partial charge is 0.497 e. The predicted octanol–water partition coefficient (Wildman–Crippen LogP) is 2.94. The van der Waals surface area contributed by atoms with Gasteiger partial charge in [-0.15, -0.1) is 0 Å². The summed E-state index contributed by atoms with van der Waals surface area (Å²) in [6.07, 6.45) is 3.67. The second-order valence-electron chi connectivity index (χ2n) is 4.24. The van der Waals surface area contributed by atoms with Gasteiger partial charge in [0.25, 0.3) is 0 Å². The molecule has 1 unspecified atom stereocenters. The van der Waals surface area contributed by atoms with Gasteiger partial charge in [-0.3, -0.25) is 4.98 Å². The van der Waals surface area contributed by atoms with Crippen molar-refractivity contribution in [1.29, 1.82) is 0 Å². The minimum Gasteiger partial charge on any atom is -0.497 e. The average molecular weight is 242 g/mol. The number of nitrogens with zero attached hydrogens (tertiary/aromatic N) is 1. The molecule has 1 heterocycles. The number of nitrogens with one attached hydrogen (secondary N) is 1. The van der Waals surface area contributed by atoms with Crippen molar-refractivity contribution >= 4 is 0 Å². The lowest BCUT2D eigenvalue weighted by Crippen LogP contribution is -2.18. The van der Waals surface area contributed by atoms with Gasteiger partial charge >= 0.3 is 0 Å². The maximum Gasteiger partial charge on any atom is 0.119 e. The Morgan fingerprint density at radius 2 is 2.17 bits per heavy atom. The molecule has 3 nitrogen and oxygen atoms in total. The third-order valence-corrected chi connectivity index (χ3v) is 2.93. The molecule has 0 spiro atoms. The Balaban J connectivity index is 1.97. The number of hydrogen-bond acceptors (Lipinski definition) is 3. The maximum absolute atomic E-state index is 5.23. The van der Waals surface area contributed by atoms with Gasteiger partial charge in [0, 0.05) is 25.0 Å². The molecular weight excluding hydrogens is 224 g/mol. The van der Waals surface area contributed by atoms with Crippen LogP contribution in [0.4, 0.5) is 0 Å². The zero-order chi connectivity index (χ0) is 12.8. The normalized spacial score (nSPS) is 12.1. The molecule has 1 aromatic heterocycles. The van der Waals surface area contributed by atoms with E-state index in [0.717, 1.165) is 12.3 Å². The zero-order valence-electron chi connectivity index (χ0n) is 10.8. The van der Waals surface area contributed by atoms with E-state index in [1.54, 1.807) is 13.3 Å². The Morgan fingerprint density at radius 1 is 1.28 bits per heavy atom. The van der Waals surface area contributed by atoms with Gasteiger partial charge in [-0.2, -0.15) is 0 Å². The summed E-state index contributed by atoms with van der Waals surface area (Å²) in [6.45, 7) is 2.96. The van der Waals surface area contributed by atoms with Crippen LogP contribution in [0.25, 0.3) is 0 Å². The van der Waals surface area contributed by atoms with Crippen LogP contribution in [-0.4, -0.2) is 12.1 Å². The van der Waals surface area contributed by atoms with Crippen LogP contribution < -0.4 is 10.1 Å². The van der Waals surface area contributed by atoms with Crippen molar-refractivity contribution in [3.05, 3.63) is 59.9 Å². The van der Waals surface area contributed by atoms with Gasteiger partial charge in [-0.25, -0.2) is 0 Å². The van der Waals surface area contributed by atoms with Gasteiger partial charge in [-0.05, 0) is 36.2 Å². The zero-order valence-corrected chi connectivity index (χ0v) is 10.8. The number of aromatic nitrogens is 1. The molecule has 1 N–H and O–H groups in total. The number of rotatable bonds is 5. The first kappa shape index (κ1) is 12.6. The molecule has 0 bridgehead atoms. The molecule has 0 radical (unpaired) electrons. The van der Waals surface area contributed by atoms with Crippen LogP contribution in [0.2, 0.25) is 0 Å². The SMILES string of the molecule is COc1cccc(C(C)NCc2cccnc2)c1. The van der Waals surface area contributed by atoms with Gasteiger partial charge in [0.1, 0.15) is 5.75 Å². The summed E-state index contributed by atoms with van der Waals surface area (Å²) in [5.74, 6) is 0.891. The fourth-order valence-corrected chi connectivity index (χ4v) is 1.80. The monoisotopic (exact) mass is 242 g/mol. The Kier molecular flexibility index (Phi) is 4.31. The Hall–Kier alpha value is -1.87. The van der Waals surface area contributed by atoms with Crippen LogP contribution in [0.1, 0.15) is 24.1 Å². The van der Waals surface area contributed by atoms with Crippen LogP contribution in [0.5, 0.6) is 5.75 Å². The van der Waals surface area contributed by atoms with E-state index in [2.05, 4.69) is 35.4 Å². The van der Waals surface area contributed by atoms with Gasteiger partial charge in [0.2, 0.25) is 0 Å². The summed E-state index contributed by atoms with van der Waals surface area (Å²) < 4.78 is 5.23. The van der Waals surface area contributed by atoms with Gasteiger partial charge < -0.3 is 10.1 Å². The highest BCUT2D eigenvalue weighted by atomic mass is 16.5. The topological polar surface area (TPSA) is 34.1 Å². The van der Waals surface area contributed by atoms with Crippen LogP contribution in [0.15, 0.2) is 48.8 Å². The number of ether oxygens (including phenoxy) is 1. The fourth-order valence-electron chi connectivity index (χ4n) is 1.80. The Labute approximate surface area is 108 Å². The van der Waals surface area contributed by atoms with Crippen molar-refractivity contribution in [2.75, 3.05) is 7.11 Å². The van der Waals surface area contributed by atoms with Crippen molar-refractivity contribution in [2.45, 2.75) is 19.5 Å². The summed E-state index contributed by atoms with van der Waals surface area (Å²) in [6, 6.07) is 12.4. The number of benzene rings is 1. The summed E-state index contributed by atoms with van der Waals surface area (Å²) in [7, 11) is 1.69. The number of pyridine rings is 1. The smallest absolute Gasteiger partial charge is 0.119 e. The first-order chi connectivity index (χ1) is 8.79. The quantitative estimate of drug-likeness (QED) is 0.875. The Morgan fingerprint density at radius 3 is 2.89 bits per heavy atom. The molecule has 0 amide bonds. The molecule has 2 aromatic rings. The number of methoxy groups -OCH3 is 1. The molecule has 3 heteroatoms. The summed E-state index contributed by atoms with van der Waals surface area (Å²) in [4.78, 5) is 4.10. The van der Waals surface area contributed by atoms with E-state index in [-0.39, 0.29) is 6.04 Å². The molecule has 0 aliphatic carbocycles. The molecule has 2 rings (SSSR count). The van der Waals surface area contributed by atoms with E-state index >= 15 is 0 Å². The molecule has 18 heavy (non-hydrogen) atoms. The van der Waals surface area contributed by atoms with E-state index < -0.39 is 0 Å². The van der Waals surface area contributed by atoms with Crippen molar-refractivity contribution < 1.29 is 4.74 Å². The predicted molar refractivity (Wildman–Crippen MR) is 72.5 cm³/mol. The standard InChI is InChI=1S/C15H18N2O/c1-12(14-6-3-7-15(9-14)18-2)17-11-13-5-4-8-16-10-13/h3-10,12,17H,11H2,1-2H3. The minimum atomic E-state index is 0.278. The lowest BCUT2D eigenvalue weighted by atomic mass is 10.1. The van der Waals surface area contributed by atoms with E-state index in [1.807, 2.05) is 24.4 Å². The van der Waals surface area contributed by atoms with Crippen molar-refractivity contribution in [3.8, 4) is 5.75 Å². The molecule has 94 valence electrons. The molecular formula is C15H18N2O. The van der Waals surface area contributed by atoms with Crippen LogP contribution >= 0.6 is 0 Å². The summed E-state index contributed by atoms with van der Waals surface area (Å²) in [5.41, 5.74) is 2.41. The fraction of sp³-hybridized carbons (Fsp3) is 0.267. The molecule has 1 atom stereocenters. The van der Waals surface area contributed by atoms with E-state index in [4.69, 9.17) is 4.74 Å². The highest BCUT2D eigenvalue weighted by Gasteiger charge is 2.05. The summed E-state index contributed by atoms with van der Waals surface area (Å²) in [5, 5.41) is 3.47. The van der Waals surface area contributed by atoms with Crippen LogP contribution in [0.3, 0.4) is 0 Å². The molecule has 0 aliphatic heterocycles. The molecule has 0 fully saturated rings. The van der Waals surface area contributed by atoms with Gasteiger partial charge in [0.15, 0.2) is 0 Å². The van der Waals surface area contributed by atoms with Gasteiger partial charge in [0.05, 0.1) is 7.11 Å².